The van der Waals surface area contributed by atoms with Gasteiger partial charge in [-0.25, -0.2) is 0 Å². The number of anilines is 2. The summed E-state index contributed by atoms with van der Waals surface area (Å²) in [6, 6.07) is 12.8. The Labute approximate surface area is 147 Å². The van der Waals surface area contributed by atoms with Crippen LogP contribution in [0.1, 0.15) is 24.5 Å². The molecule has 0 aliphatic rings. The van der Waals surface area contributed by atoms with Gasteiger partial charge in [0.25, 0.3) is 0 Å². The molecule has 0 aromatic heterocycles. The molecule has 0 spiro atoms. The lowest BCUT2D eigenvalue weighted by molar-refractivity contribution is -0.117. The molecule has 126 valence electrons. The number of carbonyl (C=O) groups is 2. The smallest absolute Gasteiger partial charge is 0.226 e. The Morgan fingerprint density at radius 1 is 1.12 bits per heavy atom. The minimum atomic E-state index is -0.128. The summed E-state index contributed by atoms with van der Waals surface area (Å²) in [5, 5.41) is 3.46. The van der Waals surface area contributed by atoms with Gasteiger partial charge in [0.15, 0.2) is 0 Å². The van der Waals surface area contributed by atoms with Crippen LogP contribution in [0.3, 0.4) is 0 Å². The zero-order valence-corrected chi connectivity index (χ0v) is 14.9. The Bertz CT molecular complexity index is 759. The number of rotatable bonds is 5. The van der Waals surface area contributed by atoms with Crippen molar-refractivity contribution in [2.45, 2.75) is 27.2 Å². The first-order chi connectivity index (χ1) is 11.4. The molecule has 5 heteroatoms. The number of halogens is 1. The molecule has 0 saturated carbocycles. The van der Waals surface area contributed by atoms with Crippen LogP contribution >= 0.6 is 11.6 Å². The zero-order chi connectivity index (χ0) is 17.7. The van der Waals surface area contributed by atoms with Crippen molar-refractivity contribution >= 4 is 34.8 Å². The molecule has 0 unspecified atom stereocenters. The summed E-state index contributed by atoms with van der Waals surface area (Å²) in [4.78, 5) is 25.7. The summed E-state index contributed by atoms with van der Waals surface area (Å²) in [5.41, 5.74) is 3.66. The summed E-state index contributed by atoms with van der Waals surface area (Å²) in [5.74, 6) is -0.256. The number of hydrogen-bond acceptors (Lipinski definition) is 2. The number of hydrogen-bond donors (Lipinski definition) is 1. The van der Waals surface area contributed by atoms with Crippen LogP contribution in [0.4, 0.5) is 11.4 Å². The fraction of sp³-hybridized carbons (Fsp3) is 0.263. The van der Waals surface area contributed by atoms with Gasteiger partial charge in [-0.15, -0.1) is 0 Å². The van der Waals surface area contributed by atoms with Gasteiger partial charge >= 0.3 is 0 Å². The van der Waals surface area contributed by atoms with Gasteiger partial charge in [-0.05, 0) is 49.2 Å². The maximum atomic E-state index is 12.2. The maximum Gasteiger partial charge on any atom is 0.226 e. The molecule has 2 aromatic rings. The van der Waals surface area contributed by atoms with E-state index in [0.717, 1.165) is 16.8 Å². The predicted octanol–water partition coefficient (Wildman–Crippen LogP) is 4.34. The molecule has 0 bridgehead atoms. The van der Waals surface area contributed by atoms with Crippen molar-refractivity contribution in [2.24, 2.45) is 0 Å². The van der Waals surface area contributed by atoms with Gasteiger partial charge in [0.1, 0.15) is 0 Å². The van der Waals surface area contributed by atoms with E-state index in [0.29, 0.717) is 17.3 Å². The van der Waals surface area contributed by atoms with Crippen LogP contribution in [0.15, 0.2) is 42.5 Å². The molecule has 0 heterocycles. The van der Waals surface area contributed by atoms with Crippen molar-refractivity contribution in [1.82, 2.24) is 0 Å². The SMILES string of the molecule is CC(=O)N(CCC(=O)Nc1cccc(C)c1C)c1cccc(Cl)c1. The first-order valence-electron chi connectivity index (χ1n) is 7.78. The average Bonchev–Trinajstić information content (AvgIpc) is 2.52. The predicted molar refractivity (Wildman–Crippen MR) is 98.6 cm³/mol. The van der Waals surface area contributed by atoms with Crippen LogP contribution in [0.2, 0.25) is 5.02 Å². The fourth-order valence-electron chi connectivity index (χ4n) is 2.42. The van der Waals surface area contributed by atoms with Crippen LogP contribution < -0.4 is 10.2 Å². The zero-order valence-electron chi connectivity index (χ0n) is 14.1. The second-order valence-electron chi connectivity index (χ2n) is 5.70. The van der Waals surface area contributed by atoms with Gasteiger partial charge in [0.05, 0.1) is 0 Å². The Morgan fingerprint density at radius 3 is 2.50 bits per heavy atom. The minimum Gasteiger partial charge on any atom is -0.326 e. The summed E-state index contributed by atoms with van der Waals surface area (Å²) in [7, 11) is 0. The van der Waals surface area contributed by atoms with Crippen molar-refractivity contribution in [1.29, 1.82) is 0 Å². The Hall–Kier alpha value is -2.33. The van der Waals surface area contributed by atoms with Crippen LogP contribution in [-0.2, 0) is 9.59 Å². The monoisotopic (exact) mass is 344 g/mol. The molecule has 0 saturated heterocycles. The molecule has 0 radical (unpaired) electrons. The average molecular weight is 345 g/mol. The van der Waals surface area contributed by atoms with Crippen LogP contribution in [0.25, 0.3) is 0 Å². The van der Waals surface area contributed by atoms with Gasteiger partial charge < -0.3 is 10.2 Å². The highest BCUT2D eigenvalue weighted by Crippen LogP contribution is 2.21. The molecule has 1 N–H and O–H groups in total. The first kappa shape index (κ1) is 18.0. The van der Waals surface area contributed by atoms with Gasteiger partial charge in [0, 0.05) is 36.3 Å². The molecule has 0 fully saturated rings. The molecule has 24 heavy (non-hydrogen) atoms. The van der Waals surface area contributed by atoms with Crippen LogP contribution in [0.5, 0.6) is 0 Å². The van der Waals surface area contributed by atoms with Crippen molar-refractivity contribution in [3.63, 3.8) is 0 Å². The highest BCUT2D eigenvalue weighted by Gasteiger charge is 2.14. The maximum absolute atomic E-state index is 12.2. The van der Waals surface area contributed by atoms with Gasteiger partial charge in [-0.1, -0.05) is 29.8 Å². The summed E-state index contributed by atoms with van der Waals surface area (Å²) in [6.07, 6.45) is 0.208. The third-order valence-corrected chi connectivity index (χ3v) is 4.18. The molecule has 2 amide bonds. The van der Waals surface area contributed by atoms with E-state index in [2.05, 4.69) is 5.32 Å². The van der Waals surface area contributed by atoms with Crippen molar-refractivity contribution in [2.75, 3.05) is 16.8 Å². The number of amides is 2. The number of aryl methyl sites for hydroxylation is 1. The van der Waals surface area contributed by atoms with E-state index in [-0.39, 0.29) is 18.2 Å². The summed E-state index contributed by atoms with van der Waals surface area (Å²) in [6.45, 7) is 5.75. The quantitative estimate of drug-likeness (QED) is 0.877. The Kier molecular flexibility index (Phi) is 5.99. The number of benzene rings is 2. The van der Waals surface area contributed by atoms with E-state index in [1.165, 1.54) is 6.92 Å². The lowest BCUT2D eigenvalue weighted by atomic mass is 10.1. The topological polar surface area (TPSA) is 49.4 Å². The van der Waals surface area contributed by atoms with Gasteiger partial charge in [-0.2, -0.15) is 0 Å². The van der Waals surface area contributed by atoms with Crippen molar-refractivity contribution in [3.8, 4) is 0 Å². The molecule has 0 aliphatic carbocycles. The second kappa shape index (κ2) is 7.97. The molecule has 0 aliphatic heterocycles. The molecule has 2 aromatic carbocycles. The molecular weight excluding hydrogens is 324 g/mol. The van der Waals surface area contributed by atoms with Gasteiger partial charge in [-0.3, -0.25) is 9.59 Å². The number of nitrogens with one attached hydrogen (secondary N) is 1. The third kappa shape index (κ3) is 4.59. The molecule has 0 atom stereocenters. The lowest BCUT2D eigenvalue weighted by Gasteiger charge is -2.21. The molecule has 2 rings (SSSR count). The van der Waals surface area contributed by atoms with E-state index in [1.54, 1.807) is 29.2 Å². The van der Waals surface area contributed by atoms with Crippen molar-refractivity contribution in [3.05, 3.63) is 58.6 Å². The van der Waals surface area contributed by atoms with E-state index in [1.807, 2.05) is 32.0 Å². The number of nitrogens with zero attached hydrogens (tertiary/aromatic N) is 1. The summed E-state index contributed by atoms with van der Waals surface area (Å²) < 4.78 is 0. The highest BCUT2D eigenvalue weighted by molar-refractivity contribution is 6.30. The first-order valence-corrected chi connectivity index (χ1v) is 8.16. The van der Waals surface area contributed by atoms with Crippen molar-refractivity contribution < 1.29 is 9.59 Å². The van der Waals surface area contributed by atoms with E-state index < -0.39 is 0 Å². The Morgan fingerprint density at radius 2 is 1.83 bits per heavy atom. The highest BCUT2D eigenvalue weighted by atomic mass is 35.5. The fourth-order valence-corrected chi connectivity index (χ4v) is 2.61. The second-order valence-corrected chi connectivity index (χ2v) is 6.13. The molecular formula is C19H21ClN2O2. The van der Waals surface area contributed by atoms with E-state index >= 15 is 0 Å². The summed E-state index contributed by atoms with van der Waals surface area (Å²) >= 11 is 5.98. The minimum absolute atomic E-state index is 0.128. The van der Waals surface area contributed by atoms with Gasteiger partial charge in [0.2, 0.25) is 11.8 Å². The van der Waals surface area contributed by atoms with E-state index in [9.17, 15) is 9.59 Å². The van der Waals surface area contributed by atoms with Crippen LogP contribution in [0, 0.1) is 13.8 Å². The standard InChI is InChI=1S/C19H21ClN2O2/c1-13-6-4-9-18(14(13)2)21-19(24)10-11-22(15(3)23)17-8-5-7-16(20)12-17/h4-9,12H,10-11H2,1-3H3,(H,21,24). The van der Waals surface area contributed by atoms with Crippen LogP contribution in [-0.4, -0.2) is 18.4 Å². The lowest BCUT2D eigenvalue weighted by Crippen LogP contribution is -2.32. The van der Waals surface area contributed by atoms with E-state index in [4.69, 9.17) is 11.6 Å². The molecule has 4 nitrogen and oxygen atoms in total. The number of carbonyl (C=O) groups excluding carboxylic acids is 2. The third-order valence-electron chi connectivity index (χ3n) is 3.94. The largest absolute Gasteiger partial charge is 0.326 e. The Balaban J connectivity index is 2.03. The normalized spacial score (nSPS) is 10.3.